The van der Waals surface area contributed by atoms with Crippen LogP contribution in [-0.4, -0.2) is 18.7 Å². The van der Waals surface area contributed by atoms with Gasteiger partial charge in [0, 0.05) is 24.6 Å². The first-order chi connectivity index (χ1) is 10.8. The monoisotopic (exact) mass is 293 g/mol. The first-order valence-electron chi connectivity index (χ1n) is 7.73. The van der Waals surface area contributed by atoms with Crippen LogP contribution in [0.3, 0.4) is 0 Å². The van der Waals surface area contributed by atoms with Gasteiger partial charge in [-0.2, -0.15) is 0 Å². The third kappa shape index (κ3) is 2.60. The summed E-state index contributed by atoms with van der Waals surface area (Å²) < 4.78 is 12.1. The van der Waals surface area contributed by atoms with Gasteiger partial charge in [-0.25, -0.2) is 0 Å². The highest BCUT2D eigenvalue weighted by molar-refractivity contribution is 5.63. The molecule has 1 atom stereocenters. The van der Waals surface area contributed by atoms with Gasteiger partial charge in [-0.05, 0) is 30.3 Å². The molecule has 2 aliphatic rings. The topological polar surface area (TPSA) is 30.5 Å². The molecular weight excluding hydrogens is 274 g/mol. The molecule has 2 aromatic carbocycles. The van der Waals surface area contributed by atoms with Crippen molar-refractivity contribution in [3.05, 3.63) is 65.7 Å². The first-order valence-corrected chi connectivity index (χ1v) is 7.73. The second kappa shape index (κ2) is 5.50. The molecule has 4 rings (SSSR count). The van der Waals surface area contributed by atoms with Crippen molar-refractivity contribution < 1.29 is 9.47 Å². The molecule has 112 valence electrons. The van der Waals surface area contributed by atoms with Gasteiger partial charge in [0.15, 0.2) is 0 Å². The fourth-order valence-corrected chi connectivity index (χ4v) is 2.98. The Morgan fingerprint density at radius 2 is 2.05 bits per heavy atom. The van der Waals surface area contributed by atoms with Gasteiger partial charge in [0.2, 0.25) is 0 Å². The van der Waals surface area contributed by atoms with Crippen LogP contribution in [0.25, 0.3) is 6.08 Å². The summed E-state index contributed by atoms with van der Waals surface area (Å²) in [5, 5.41) is 3.37. The average molecular weight is 293 g/mol. The average Bonchev–Trinajstić information content (AvgIpc) is 3.01. The Labute approximate surface area is 130 Å². The highest BCUT2D eigenvalue weighted by Gasteiger charge is 2.35. The second-order valence-corrected chi connectivity index (χ2v) is 5.90. The predicted molar refractivity (Wildman–Crippen MR) is 87.1 cm³/mol. The van der Waals surface area contributed by atoms with Crippen molar-refractivity contribution in [2.75, 3.05) is 13.1 Å². The molecule has 2 heterocycles. The van der Waals surface area contributed by atoms with Crippen LogP contribution < -0.4 is 14.8 Å². The third-order valence-corrected chi connectivity index (χ3v) is 4.26. The first kappa shape index (κ1) is 13.4. The predicted octanol–water partition coefficient (Wildman–Crippen LogP) is 3.40. The Morgan fingerprint density at radius 1 is 1.14 bits per heavy atom. The summed E-state index contributed by atoms with van der Waals surface area (Å²) in [5.41, 5.74) is 2.10. The molecule has 0 unspecified atom stereocenters. The lowest BCUT2D eigenvalue weighted by atomic mass is 9.97. The molecule has 0 aliphatic carbocycles. The van der Waals surface area contributed by atoms with Gasteiger partial charge in [0.05, 0.1) is 0 Å². The number of benzene rings is 2. The second-order valence-electron chi connectivity index (χ2n) is 5.90. The lowest BCUT2D eigenvalue weighted by molar-refractivity contribution is 0.138. The van der Waals surface area contributed by atoms with Gasteiger partial charge in [0.25, 0.3) is 0 Å². The van der Waals surface area contributed by atoms with Crippen molar-refractivity contribution in [2.45, 2.75) is 18.6 Å². The molecule has 2 aliphatic heterocycles. The zero-order valence-electron chi connectivity index (χ0n) is 12.4. The normalized spacial score (nSPS) is 22.4. The maximum Gasteiger partial charge on any atom is 0.141 e. The van der Waals surface area contributed by atoms with Crippen LogP contribution in [0.1, 0.15) is 17.5 Å². The zero-order chi connectivity index (χ0) is 14.8. The zero-order valence-corrected chi connectivity index (χ0v) is 12.4. The standard InChI is InChI=1S/C19H19NO2/c1-2-4-15(5-3-1)13-21-17-7-6-16-8-9-19(10-11-20-14-19)22-18(16)12-17/h1-9,12,20H,10-11,13-14H2/t19-/m1/s1. The largest absolute Gasteiger partial charge is 0.489 e. The smallest absolute Gasteiger partial charge is 0.141 e. The fourth-order valence-electron chi connectivity index (χ4n) is 2.98. The van der Waals surface area contributed by atoms with E-state index in [4.69, 9.17) is 9.47 Å². The maximum absolute atomic E-state index is 6.24. The maximum atomic E-state index is 6.24. The number of fused-ring (bicyclic) bond motifs is 1. The van der Waals surface area contributed by atoms with E-state index < -0.39 is 0 Å². The van der Waals surface area contributed by atoms with Crippen molar-refractivity contribution >= 4 is 6.08 Å². The quantitative estimate of drug-likeness (QED) is 0.941. The third-order valence-electron chi connectivity index (χ3n) is 4.26. The number of hydrogen-bond donors (Lipinski definition) is 1. The summed E-state index contributed by atoms with van der Waals surface area (Å²) in [6.45, 7) is 2.45. The van der Waals surface area contributed by atoms with Crippen LogP contribution in [0.2, 0.25) is 0 Å². The van der Waals surface area contributed by atoms with Crippen molar-refractivity contribution in [1.82, 2.24) is 5.32 Å². The molecule has 0 radical (unpaired) electrons. The SMILES string of the molecule is C1=C[C@]2(CCNC2)Oc2cc(OCc3ccccc3)ccc21. The lowest BCUT2D eigenvalue weighted by Crippen LogP contribution is -2.37. The van der Waals surface area contributed by atoms with E-state index >= 15 is 0 Å². The van der Waals surface area contributed by atoms with Crippen LogP contribution in [-0.2, 0) is 6.61 Å². The number of hydrogen-bond acceptors (Lipinski definition) is 3. The van der Waals surface area contributed by atoms with E-state index in [9.17, 15) is 0 Å². The molecule has 0 saturated carbocycles. The number of ether oxygens (including phenoxy) is 2. The van der Waals surface area contributed by atoms with Gasteiger partial charge in [-0.1, -0.05) is 36.4 Å². The number of nitrogens with one attached hydrogen (secondary N) is 1. The Balaban J connectivity index is 1.51. The van der Waals surface area contributed by atoms with E-state index in [1.165, 1.54) is 0 Å². The van der Waals surface area contributed by atoms with Gasteiger partial charge in [-0.15, -0.1) is 0 Å². The molecular formula is C19H19NO2. The van der Waals surface area contributed by atoms with Gasteiger partial charge in [-0.3, -0.25) is 0 Å². The van der Waals surface area contributed by atoms with E-state index in [1.54, 1.807) is 0 Å². The van der Waals surface area contributed by atoms with Crippen molar-refractivity contribution in [1.29, 1.82) is 0 Å². The van der Waals surface area contributed by atoms with Crippen LogP contribution in [0.5, 0.6) is 11.5 Å². The summed E-state index contributed by atoms with van der Waals surface area (Å²) in [4.78, 5) is 0. The molecule has 1 fully saturated rings. The Kier molecular flexibility index (Phi) is 3.35. The molecule has 3 nitrogen and oxygen atoms in total. The van der Waals surface area contributed by atoms with Gasteiger partial charge >= 0.3 is 0 Å². The summed E-state index contributed by atoms with van der Waals surface area (Å²) in [7, 11) is 0. The van der Waals surface area contributed by atoms with Crippen LogP contribution in [0.15, 0.2) is 54.6 Å². The van der Waals surface area contributed by atoms with E-state index in [0.717, 1.165) is 42.1 Å². The number of rotatable bonds is 3. The minimum Gasteiger partial charge on any atom is -0.489 e. The summed E-state index contributed by atoms with van der Waals surface area (Å²) in [6, 6.07) is 16.3. The molecule has 22 heavy (non-hydrogen) atoms. The minimum atomic E-state index is -0.176. The van der Waals surface area contributed by atoms with Crippen molar-refractivity contribution in [2.24, 2.45) is 0 Å². The molecule has 2 aromatic rings. The van der Waals surface area contributed by atoms with Crippen molar-refractivity contribution in [3.63, 3.8) is 0 Å². The van der Waals surface area contributed by atoms with Gasteiger partial charge < -0.3 is 14.8 Å². The minimum absolute atomic E-state index is 0.176. The Bertz CT molecular complexity index is 688. The van der Waals surface area contributed by atoms with E-state index in [2.05, 4.69) is 35.7 Å². The lowest BCUT2D eigenvalue weighted by Gasteiger charge is -2.30. The summed E-state index contributed by atoms with van der Waals surface area (Å²) >= 11 is 0. The molecule has 1 saturated heterocycles. The Hall–Kier alpha value is -2.26. The molecule has 3 heteroatoms. The van der Waals surface area contributed by atoms with Crippen molar-refractivity contribution in [3.8, 4) is 11.5 Å². The fraction of sp³-hybridized carbons (Fsp3) is 0.263. The highest BCUT2D eigenvalue weighted by atomic mass is 16.5. The van der Waals surface area contributed by atoms with Gasteiger partial charge in [0.1, 0.15) is 23.7 Å². The summed E-state index contributed by atoms with van der Waals surface area (Å²) in [6.07, 6.45) is 5.35. The molecule has 1 spiro atoms. The van der Waals surface area contributed by atoms with Crippen LogP contribution in [0.4, 0.5) is 0 Å². The molecule has 0 bridgehead atoms. The summed E-state index contributed by atoms with van der Waals surface area (Å²) in [5.74, 6) is 1.76. The van der Waals surface area contributed by atoms with E-state index in [0.29, 0.717) is 6.61 Å². The van der Waals surface area contributed by atoms with Crippen LogP contribution >= 0.6 is 0 Å². The molecule has 0 amide bonds. The van der Waals surface area contributed by atoms with Crippen LogP contribution in [0, 0.1) is 0 Å². The highest BCUT2D eigenvalue weighted by Crippen LogP contribution is 2.36. The Morgan fingerprint density at radius 3 is 2.86 bits per heavy atom. The van der Waals surface area contributed by atoms with E-state index in [-0.39, 0.29) is 5.60 Å². The molecule has 0 aromatic heterocycles. The molecule has 1 N–H and O–H groups in total. The van der Waals surface area contributed by atoms with E-state index in [1.807, 2.05) is 30.3 Å².